The predicted octanol–water partition coefficient (Wildman–Crippen LogP) is 5.91. The standard InChI is InChI=1S/C40H50N6O5S/c1-45(28-34-13-8-17-41-26-34)39(48)44-37(16-18-46-19-21-50-22-20-46)38(47)25-33(23-31-9-4-2-5-10-31)14-15-35(24-32-11-6-3-7-12-32)43-40(49)51-29-36-27-42-30-52-36/h2-13,17,26-27,30,33,35,37H,14-16,18-25,28-29H2,1H3,(H,43,49)(H,44,48)/t33-,35-,37+/m1/s1. The molecule has 2 aromatic carbocycles. The summed E-state index contributed by atoms with van der Waals surface area (Å²) in [5, 5.41) is 6.17. The summed E-state index contributed by atoms with van der Waals surface area (Å²) in [5.74, 6) is -0.00653. The van der Waals surface area contributed by atoms with Crippen molar-refractivity contribution in [3.05, 3.63) is 118 Å². The molecule has 3 atom stereocenters. The fraction of sp³-hybridized carbons (Fsp3) is 0.425. The number of urea groups is 1. The van der Waals surface area contributed by atoms with Crippen LogP contribution in [0, 0.1) is 5.92 Å². The SMILES string of the molecule is CN(Cc1cccnc1)C(=O)N[C@@H](CCN1CCOCC1)C(=O)C[C@H](CC[C@H](Cc1ccccc1)NC(=O)OCc1cncs1)Cc1ccccc1. The van der Waals surface area contributed by atoms with Crippen LogP contribution in [0.2, 0.25) is 0 Å². The second-order valence-electron chi connectivity index (χ2n) is 13.3. The Balaban J connectivity index is 1.28. The first-order valence-electron chi connectivity index (χ1n) is 18.0. The van der Waals surface area contributed by atoms with Crippen LogP contribution in [0.1, 0.15) is 47.3 Å². The lowest BCUT2D eigenvalue weighted by atomic mass is 9.86. The minimum Gasteiger partial charge on any atom is -0.444 e. The Labute approximate surface area is 310 Å². The van der Waals surface area contributed by atoms with E-state index in [1.807, 2.05) is 48.5 Å². The van der Waals surface area contributed by atoms with E-state index < -0.39 is 12.1 Å². The number of aromatic nitrogens is 2. The lowest BCUT2D eigenvalue weighted by Gasteiger charge is -2.30. The molecular formula is C40H50N6O5S. The molecule has 1 saturated heterocycles. The number of hydrogen-bond donors (Lipinski definition) is 2. The minimum absolute atomic E-state index is 0.00820. The van der Waals surface area contributed by atoms with Gasteiger partial charge >= 0.3 is 12.1 Å². The minimum atomic E-state index is -0.648. The van der Waals surface area contributed by atoms with E-state index in [9.17, 15) is 14.4 Å². The van der Waals surface area contributed by atoms with Gasteiger partial charge in [0.2, 0.25) is 0 Å². The average Bonchev–Trinajstić information content (AvgIpc) is 3.70. The fourth-order valence-corrected chi connectivity index (χ4v) is 6.92. The van der Waals surface area contributed by atoms with Crippen LogP contribution >= 0.6 is 11.3 Å². The van der Waals surface area contributed by atoms with Gasteiger partial charge in [-0.3, -0.25) is 19.7 Å². The van der Waals surface area contributed by atoms with Crippen LogP contribution in [-0.2, 0) is 40.3 Å². The highest BCUT2D eigenvalue weighted by Gasteiger charge is 2.27. The van der Waals surface area contributed by atoms with Gasteiger partial charge in [0, 0.05) is 64.3 Å². The number of ketones is 1. The first-order valence-corrected chi connectivity index (χ1v) is 18.9. The molecule has 4 aromatic rings. The van der Waals surface area contributed by atoms with Crippen molar-refractivity contribution >= 4 is 29.2 Å². The number of alkyl carbamates (subject to hydrolysis) is 1. The Morgan fingerprint density at radius 2 is 1.58 bits per heavy atom. The third kappa shape index (κ3) is 13.5. The molecule has 2 N–H and O–H groups in total. The molecule has 1 fully saturated rings. The Morgan fingerprint density at radius 1 is 0.865 bits per heavy atom. The quantitative estimate of drug-likeness (QED) is 0.122. The molecule has 5 rings (SSSR count). The highest BCUT2D eigenvalue weighted by atomic mass is 32.1. The van der Waals surface area contributed by atoms with Gasteiger partial charge in [-0.1, -0.05) is 66.7 Å². The number of nitrogens with one attached hydrogen (secondary N) is 2. The van der Waals surface area contributed by atoms with Crippen LogP contribution in [0.5, 0.6) is 0 Å². The normalized spacial score (nSPS) is 14.9. The van der Waals surface area contributed by atoms with E-state index in [4.69, 9.17) is 9.47 Å². The highest BCUT2D eigenvalue weighted by molar-refractivity contribution is 7.09. The van der Waals surface area contributed by atoms with Gasteiger partial charge in [-0.2, -0.15) is 0 Å². The summed E-state index contributed by atoms with van der Waals surface area (Å²) in [6.07, 6.45) is 8.12. The predicted molar refractivity (Wildman–Crippen MR) is 202 cm³/mol. The summed E-state index contributed by atoms with van der Waals surface area (Å²) in [7, 11) is 1.73. The monoisotopic (exact) mass is 726 g/mol. The van der Waals surface area contributed by atoms with E-state index in [0.717, 1.165) is 34.7 Å². The van der Waals surface area contributed by atoms with E-state index in [1.165, 1.54) is 11.3 Å². The number of carbonyl (C=O) groups excluding carboxylic acids is 3. The molecule has 3 amide bonds. The molecule has 0 bridgehead atoms. The van der Waals surface area contributed by atoms with E-state index in [1.54, 1.807) is 36.0 Å². The zero-order valence-corrected chi connectivity index (χ0v) is 30.7. The maximum absolute atomic E-state index is 14.3. The molecule has 1 aliphatic heterocycles. The van der Waals surface area contributed by atoms with E-state index in [-0.39, 0.29) is 30.4 Å². The van der Waals surface area contributed by atoms with Gasteiger partial charge in [-0.25, -0.2) is 9.59 Å². The van der Waals surface area contributed by atoms with Gasteiger partial charge in [0.05, 0.1) is 29.6 Å². The lowest BCUT2D eigenvalue weighted by molar-refractivity contribution is -0.122. The molecule has 1 aliphatic rings. The van der Waals surface area contributed by atoms with Crippen LogP contribution in [0.4, 0.5) is 9.59 Å². The molecule has 0 saturated carbocycles. The molecule has 2 aromatic heterocycles. The summed E-state index contributed by atoms with van der Waals surface area (Å²) in [6, 6.07) is 22.8. The molecule has 0 aliphatic carbocycles. The number of carbonyl (C=O) groups is 3. The number of rotatable bonds is 19. The first-order chi connectivity index (χ1) is 25.4. The van der Waals surface area contributed by atoms with Crippen molar-refractivity contribution in [2.45, 2.75) is 63.8 Å². The number of nitrogens with zero attached hydrogens (tertiary/aromatic N) is 4. The van der Waals surface area contributed by atoms with Gasteiger partial charge in [0.1, 0.15) is 6.61 Å². The van der Waals surface area contributed by atoms with Crippen molar-refractivity contribution in [1.29, 1.82) is 0 Å². The smallest absolute Gasteiger partial charge is 0.407 e. The maximum atomic E-state index is 14.3. The lowest BCUT2D eigenvalue weighted by Crippen LogP contribution is -2.49. The van der Waals surface area contributed by atoms with Crippen molar-refractivity contribution in [3.8, 4) is 0 Å². The number of Topliss-reactive ketones (excluding diaryl/α,β-unsaturated/α-hetero) is 1. The third-order valence-corrected chi connectivity index (χ3v) is 10.0. The summed E-state index contributed by atoms with van der Waals surface area (Å²) in [6.45, 7) is 4.15. The second-order valence-corrected chi connectivity index (χ2v) is 14.3. The zero-order valence-electron chi connectivity index (χ0n) is 29.9. The fourth-order valence-electron chi connectivity index (χ4n) is 6.42. The van der Waals surface area contributed by atoms with Crippen LogP contribution in [-0.4, -0.2) is 89.7 Å². The van der Waals surface area contributed by atoms with Crippen molar-refractivity contribution < 1.29 is 23.9 Å². The number of benzene rings is 2. The van der Waals surface area contributed by atoms with Crippen molar-refractivity contribution in [1.82, 2.24) is 30.4 Å². The van der Waals surface area contributed by atoms with Crippen molar-refractivity contribution in [3.63, 3.8) is 0 Å². The Bertz CT molecular complexity index is 1620. The van der Waals surface area contributed by atoms with E-state index in [2.05, 4.69) is 49.8 Å². The zero-order chi connectivity index (χ0) is 36.4. The largest absolute Gasteiger partial charge is 0.444 e. The molecule has 12 heteroatoms. The molecule has 0 unspecified atom stereocenters. The summed E-state index contributed by atoms with van der Waals surface area (Å²) in [5.41, 5.74) is 4.86. The molecular weight excluding hydrogens is 677 g/mol. The Kier molecular flexibility index (Phi) is 15.6. The van der Waals surface area contributed by atoms with Crippen LogP contribution in [0.25, 0.3) is 0 Å². The van der Waals surface area contributed by atoms with E-state index >= 15 is 0 Å². The van der Waals surface area contributed by atoms with Gasteiger partial charge in [-0.15, -0.1) is 11.3 Å². The van der Waals surface area contributed by atoms with Gasteiger partial charge in [-0.05, 0) is 60.8 Å². The number of morpholine rings is 1. The third-order valence-electron chi connectivity index (χ3n) is 9.27. The van der Waals surface area contributed by atoms with Gasteiger partial charge in [0.15, 0.2) is 5.78 Å². The summed E-state index contributed by atoms with van der Waals surface area (Å²) in [4.78, 5) is 53.6. The molecule has 0 spiro atoms. The van der Waals surface area contributed by atoms with Crippen molar-refractivity contribution in [2.24, 2.45) is 5.92 Å². The maximum Gasteiger partial charge on any atom is 0.407 e. The molecule has 52 heavy (non-hydrogen) atoms. The molecule has 276 valence electrons. The van der Waals surface area contributed by atoms with Crippen LogP contribution < -0.4 is 10.6 Å². The number of ether oxygens (including phenoxy) is 2. The van der Waals surface area contributed by atoms with Gasteiger partial charge < -0.3 is 25.0 Å². The van der Waals surface area contributed by atoms with Crippen LogP contribution in [0.3, 0.4) is 0 Å². The number of pyridine rings is 1. The Hall–Kier alpha value is -4.65. The molecule has 0 radical (unpaired) electrons. The average molecular weight is 727 g/mol. The van der Waals surface area contributed by atoms with Crippen molar-refractivity contribution in [2.75, 3.05) is 39.9 Å². The van der Waals surface area contributed by atoms with Crippen LogP contribution in [0.15, 0.2) is 96.9 Å². The summed E-state index contributed by atoms with van der Waals surface area (Å²) < 4.78 is 11.1. The van der Waals surface area contributed by atoms with E-state index in [0.29, 0.717) is 64.8 Å². The number of amides is 3. The molecule has 11 nitrogen and oxygen atoms in total. The topological polar surface area (TPSA) is 126 Å². The summed E-state index contributed by atoms with van der Waals surface area (Å²) >= 11 is 1.44. The van der Waals surface area contributed by atoms with Gasteiger partial charge in [0.25, 0.3) is 0 Å². The number of hydrogen-bond acceptors (Lipinski definition) is 9. The first kappa shape index (κ1) is 38.6. The second kappa shape index (κ2) is 21.0. The number of thiazole rings is 1. The Morgan fingerprint density at radius 3 is 2.25 bits per heavy atom. The molecule has 3 heterocycles. The highest BCUT2D eigenvalue weighted by Crippen LogP contribution is 2.23.